The molecule has 2 fully saturated rings. The van der Waals surface area contributed by atoms with Crippen LogP contribution >= 0.6 is 0 Å². The van der Waals surface area contributed by atoms with Gasteiger partial charge in [0.05, 0.1) is 18.0 Å². The molecule has 0 unspecified atom stereocenters. The van der Waals surface area contributed by atoms with Crippen molar-refractivity contribution in [2.24, 2.45) is 0 Å². The van der Waals surface area contributed by atoms with Crippen LogP contribution in [0.25, 0.3) is 0 Å². The third kappa shape index (κ3) is 6.25. The topological polar surface area (TPSA) is 107 Å². The summed E-state index contributed by atoms with van der Waals surface area (Å²) in [5.41, 5.74) is 2.24. The minimum absolute atomic E-state index is 0.00448. The number of sulfonamides is 1. The van der Waals surface area contributed by atoms with Crippen molar-refractivity contribution >= 4 is 16.3 Å². The largest absolute Gasteiger partial charge is 0.470 e. The Balaban J connectivity index is 1.51. The first-order valence-corrected chi connectivity index (χ1v) is 12.7. The van der Waals surface area contributed by atoms with Crippen LogP contribution in [0.4, 0.5) is 0 Å². The molecule has 31 heavy (non-hydrogen) atoms. The van der Waals surface area contributed by atoms with Crippen molar-refractivity contribution in [2.75, 3.05) is 19.8 Å². The van der Waals surface area contributed by atoms with Gasteiger partial charge in [-0.1, -0.05) is 0 Å². The van der Waals surface area contributed by atoms with E-state index in [0.717, 1.165) is 56.1 Å². The van der Waals surface area contributed by atoms with Gasteiger partial charge in [-0.15, -0.1) is 0 Å². The molecule has 3 rings (SSSR count). The van der Waals surface area contributed by atoms with Gasteiger partial charge in [0.1, 0.15) is 6.61 Å². The number of hydrogen-bond acceptors (Lipinski definition) is 7. The minimum atomic E-state index is -3.30. The van der Waals surface area contributed by atoms with Gasteiger partial charge in [0.2, 0.25) is 15.9 Å². The van der Waals surface area contributed by atoms with Crippen molar-refractivity contribution < 1.29 is 22.7 Å². The Hall–Kier alpha value is -1.55. The predicted octanol–water partition coefficient (Wildman–Crippen LogP) is 2.07. The maximum absolute atomic E-state index is 12.2. The first-order chi connectivity index (χ1) is 14.8. The zero-order chi connectivity index (χ0) is 22.4. The lowest BCUT2D eigenvalue weighted by Gasteiger charge is -2.31. The lowest BCUT2D eigenvalue weighted by atomic mass is 9.81. The highest BCUT2D eigenvalue weighted by Gasteiger charge is 2.33. The summed E-state index contributed by atoms with van der Waals surface area (Å²) < 4.78 is 39.0. The van der Waals surface area contributed by atoms with Gasteiger partial charge in [0.15, 0.2) is 6.29 Å². The molecular weight excluding hydrogens is 418 g/mol. The summed E-state index contributed by atoms with van der Waals surface area (Å²) in [4.78, 5) is 15.0. The molecule has 0 radical (unpaired) electrons. The van der Waals surface area contributed by atoms with Crippen LogP contribution in [0.5, 0.6) is 5.88 Å². The molecular formula is C22H35N3O5S. The Labute approximate surface area is 185 Å². The summed E-state index contributed by atoms with van der Waals surface area (Å²) in [6.07, 6.45) is 7.19. The van der Waals surface area contributed by atoms with Crippen LogP contribution in [0.1, 0.15) is 63.0 Å². The van der Waals surface area contributed by atoms with Crippen molar-refractivity contribution in [3.05, 3.63) is 23.4 Å². The van der Waals surface area contributed by atoms with Gasteiger partial charge in [-0.05, 0) is 77.0 Å². The average Bonchev–Trinajstić information content (AvgIpc) is 3.17. The molecule has 2 N–H and O–H groups in total. The van der Waals surface area contributed by atoms with E-state index >= 15 is 0 Å². The van der Waals surface area contributed by atoms with E-state index in [1.165, 1.54) is 0 Å². The van der Waals surface area contributed by atoms with Gasteiger partial charge in [-0.2, -0.15) is 0 Å². The molecule has 9 heteroatoms. The third-order valence-corrected chi connectivity index (χ3v) is 8.21. The van der Waals surface area contributed by atoms with Crippen LogP contribution < -0.4 is 14.8 Å². The molecule has 2 heterocycles. The molecule has 1 aliphatic heterocycles. The molecule has 1 saturated heterocycles. The Kier molecular flexibility index (Phi) is 8.43. The quantitative estimate of drug-likeness (QED) is 0.522. The number of nitrogens with zero attached hydrogens (tertiary/aromatic N) is 1. The van der Waals surface area contributed by atoms with Crippen molar-refractivity contribution in [3.8, 4) is 5.88 Å². The summed E-state index contributed by atoms with van der Waals surface area (Å²) in [5, 5.41) is 2.93. The summed E-state index contributed by atoms with van der Waals surface area (Å²) in [6, 6.07) is 1.85. The number of hydrogen-bond donors (Lipinski definition) is 2. The molecule has 0 aromatic carbocycles. The van der Waals surface area contributed by atoms with Gasteiger partial charge in [-0.25, -0.2) is 18.1 Å². The fourth-order valence-electron chi connectivity index (χ4n) is 4.46. The van der Waals surface area contributed by atoms with Gasteiger partial charge in [0.25, 0.3) is 0 Å². The minimum Gasteiger partial charge on any atom is -0.470 e. The van der Waals surface area contributed by atoms with Crippen molar-refractivity contribution in [2.45, 2.75) is 82.2 Å². The van der Waals surface area contributed by atoms with E-state index in [-0.39, 0.29) is 24.8 Å². The maximum atomic E-state index is 12.2. The molecule has 1 saturated carbocycles. The van der Waals surface area contributed by atoms with Crippen LogP contribution in [0.15, 0.2) is 12.3 Å². The van der Waals surface area contributed by atoms with E-state index in [2.05, 4.69) is 21.9 Å². The van der Waals surface area contributed by atoms with Gasteiger partial charge < -0.3 is 14.8 Å². The highest BCUT2D eigenvalue weighted by atomic mass is 32.2. The Morgan fingerprint density at radius 1 is 1.26 bits per heavy atom. The van der Waals surface area contributed by atoms with Crippen LogP contribution in [0, 0.1) is 6.92 Å². The van der Waals surface area contributed by atoms with Crippen LogP contribution in [-0.4, -0.2) is 62.9 Å². The van der Waals surface area contributed by atoms with Crippen molar-refractivity contribution in [3.63, 3.8) is 0 Å². The smallest absolute Gasteiger partial charge is 0.217 e. The summed E-state index contributed by atoms with van der Waals surface area (Å²) in [5.74, 6) is 0.900. The van der Waals surface area contributed by atoms with Gasteiger partial charge in [0, 0.05) is 23.8 Å². The number of rotatable bonds is 10. The predicted molar refractivity (Wildman–Crippen MR) is 119 cm³/mol. The molecule has 0 spiro atoms. The number of aryl methyl sites for hydroxylation is 1. The van der Waals surface area contributed by atoms with Crippen molar-refractivity contribution in [1.29, 1.82) is 0 Å². The molecule has 1 aliphatic carbocycles. The Bertz CT molecular complexity index is 838. The lowest BCUT2D eigenvalue weighted by molar-refractivity contribution is -0.109. The SMILES string of the molecule is Cc1ccnc(OCC=O)c1C1CCC(OC[C@@H]2NCC[C@@H]2NS(=O)(=O)C(C)C)CC1. The number of nitrogens with one attached hydrogen (secondary N) is 2. The fraction of sp³-hybridized carbons (Fsp3) is 0.727. The number of carbonyl (C=O) groups is 1. The zero-order valence-corrected chi connectivity index (χ0v) is 19.5. The second-order valence-corrected chi connectivity index (χ2v) is 11.1. The normalized spacial score (nSPS) is 26.8. The summed E-state index contributed by atoms with van der Waals surface area (Å²) >= 11 is 0. The molecule has 1 aromatic heterocycles. The molecule has 8 nitrogen and oxygen atoms in total. The van der Waals surface area contributed by atoms with Gasteiger partial charge >= 0.3 is 0 Å². The summed E-state index contributed by atoms with van der Waals surface area (Å²) in [6.45, 7) is 6.73. The van der Waals surface area contributed by atoms with E-state index in [4.69, 9.17) is 9.47 Å². The lowest BCUT2D eigenvalue weighted by Crippen LogP contribution is -2.48. The number of aromatic nitrogens is 1. The second kappa shape index (κ2) is 10.8. The van der Waals surface area contributed by atoms with E-state index in [0.29, 0.717) is 18.4 Å². The standard InChI is InChI=1S/C22H35N3O5S/c1-15(2)31(27,28)25-19-9-11-23-20(19)14-30-18-6-4-17(5-7-18)21-16(3)8-10-24-22(21)29-13-12-26/h8,10,12,15,17-20,23,25H,4-7,9,11,13-14H2,1-3H3/t17?,18?,19-,20-/m0/s1. The first-order valence-electron chi connectivity index (χ1n) is 11.2. The molecule has 2 atom stereocenters. The van der Waals surface area contributed by atoms with E-state index < -0.39 is 15.3 Å². The Morgan fingerprint density at radius 3 is 2.68 bits per heavy atom. The maximum Gasteiger partial charge on any atom is 0.217 e. The highest BCUT2D eigenvalue weighted by Crippen LogP contribution is 2.39. The van der Waals surface area contributed by atoms with Crippen LogP contribution in [-0.2, 0) is 19.6 Å². The van der Waals surface area contributed by atoms with E-state index in [1.807, 2.05) is 6.07 Å². The molecule has 0 bridgehead atoms. The number of carbonyl (C=O) groups excluding carboxylic acids is 1. The number of ether oxygens (including phenoxy) is 2. The zero-order valence-electron chi connectivity index (χ0n) is 18.7. The highest BCUT2D eigenvalue weighted by molar-refractivity contribution is 7.90. The molecule has 1 aromatic rings. The molecule has 174 valence electrons. The van der Waals surface area contributed by atoms with Crippen LogP contribution in [0.2, 0.25) is 0 Å². The van der Waals surface area contributed by atoms with Gasteiger partial charge in [-0.3, -0.25) is 4.79 Å². The monoisotopic (exact) mass is 453 g/mol. The number of aldehydes is 1. The fourth-order valence-corrected chi connectivity index (χ4v) is 5.43. The number of pyridine rings is 1. The molecule has 2 aliphatic rings. The first kappa shape index (κ1) is 24.1. The summed E-state index contributed by atoms with van der Waals surface area (Å²) in [7, 11) is -3.30. The second-order valence-electron chi connectivity index (χ2n) is 8.80. The Morgan fingerprint density at radius 2 is 2.00 bits per heavy atom. The van der Waals surface area contributed by atoms with E-state index in [9.17, 15) is 13.2 Å². The average molecular weight is 454 g/mol. The van der Waals surface area contributed by atoms with E-state index in [1.54, 1.807) is 20.0 Å². The molecule has 0 amide bonds. The van der Waals surface area contributed by atoms with Crippen molar-refractivity contribution in [1.82, 2.24) is 15.0 Å². The third-order valence-electron chi connectivity index (χ3n) is 6.34. The van der Waals surface area contributed by atoms with Crippen LogP contribution in [0.3, 0.4) is 0 Å².